The van der Waals surface area contributed by atoms with Crippen molar-refractivity contribution in [2.75, 3.05) is 0 Å². The lowest BCUT2D eigenvalue weighted by Gasteiger charge is -2.29. The molecule has 0 N–H and O–H groups in total. The Morgan fingerprint density at radius 3 is 2.23 bits per heavy atom. The van der Waals surface area contributed by atoms with Gasteiger partial charge in [0.15, 0.2) is 0 Å². The summed E-state index contributed by atoms with van der Waals surface area (Å²) in [7, 11) is 0. The van der Waals surface area contributed by atoms with Gasteiger partial charge in [-0.2, -0.15) is 5.26 Å². The Balaban J connectivity index is 1.88. The predicted molar refractivity (Wildman–Crippen MR) is 94.6 cm³/mol. The van der Waals surface area contributed by atoms with Crippen LogP contribution in [0.4, 0.5) is 0 Å². The summed E-state index contributed by atoms with van der Waals surface area (Å²) in [4.78, 5) is 0. The van der Waals surface area contributed by atoms with Gasteiger partial charge in [-0.25, -0.2) is 0 Å². The minimum Gasteiger partial charge on any atom is -0.192 e. The summed E-state index contributed by atoms with van der Waals surface area (Å²) in [6.07, 6.45) is 11.9. The van der Waals surface area contributed by atoms with Gasteiger partial charge in [-0.05, 0) is 55.2 Å². The van der Waals surface area contributed by atoms with Crippen LogP contribution in [0, 0.1) is 17.2 Å². The number of nitriles is 1. The number of unbranched alkanes of at least 4 members (excludes halogenated alkanes) is 3. The number of hydrogen-bond acceptors (Lipinski definition) is 1. The minimum atomic E-state index is 0.400. The maximum Gasteiger partial charge on any atom is 0.102 e. The highest BCUT2D eigenvalue weighted by atomic mass is 35.5. The molecular weight excluding hydrogens is 313 g/mol. The SMILES string of the molecule is CCCCCC[C@H]1CC[C@H](c2cc(Cl)c(C#N)c(Cl)c2)CC1. The van der Waals surface area contributed by atoms with E-state index in [1.807, 2.05) is 12.1 Å². The number of benzene rings is 1. The fourth-order valence-corrected chi connectivity index (χ4v) is 4.17. The van der Waals surface area contributed by atoms with Crippen molar-refractivity contribution in [2.45, 2.75) is 70.6 Å². The molecule has 0 aromatic heterocycles. The molecule has 0 bridgehead atoms. The van der Waals surface area contributed by atoms with Crippen molar-refractivity contribution in [1.29, 1.82) is 5.26 Å². The van der Waals surface area contributed by atoms with Gasteiger partial charge in [0, 0.05) is 0 Å². The fraction of sp³-hybridized carbons (Fsp3) is 0.632. The van der Waals surface area contributed by atoms with Crippen LogP contribution in [0.2, 0.25) is 10.0 Å². The highest BCUT2D eigenvalue weighted by Crippen LogP contribution is 2.40. The monoisotopic (exact) mass is 337 g/mol. The highest BCUT2D eigenvalue weighted by molar-refractivity contribution is 6.36. The topological polar surface area (TPSA) is 23.8 Å². The van der Waals surface area contributed by atoms with Gasteiger partial charge in [0.05, 0.1) is 15.6 Å². The molecular formula is C19H25Cl2N. The van der Waals surface area contributed by atoms with Crippen LogP contribution < -0.4 is 0 Å². The number of nitrogens with zero attached hydrogens (tertiary/aromatic N) is 1. The molecule has 0 unspecified atom stereocenters. The Kier molecular flexibility index (Phi) is 7.06. The molecule has 1 aliphatic rings. The van der Waals surface area contributed by atoms with Crippen molar-refractivity contribution < 1.29 is 0 Å². The average molecular weight is 338 g/mol. The van der Waals surface area contributed by atoms with Gasteiger partial charge in [0.2, 0.25) is 0 Å². The van der Waals surface area contributed by atoms with Crippen molar-refractivity contribution in [1.82, 2.24) is 0 Å². The van der Waals surface area contributed by atoms with Gasteiger partial charge in [-0.3, -0.25) is 0 Å². The van der Waals surface area contributed by atoms with E-state index < -0.39 is 0 Å². The predicted octanol–water partition coefficient (Wildman–Crippen LogP) is 7.11. The van der Waals surface area contributed by atoms with E-state index in [1.165, 1.54) is 63.4 Å². The van der Waals surface area contributed by atoms with E-state index in [2.05, 4.69) is 13.0 Å². The molecule has 120 valence electrons. The lowest BCUT2D eigenvalue weighted by atomic mass is 9.77. The Morgan fingerprint density at radius 2 is 1.68 bits per heavy atom. The highest BCUT2D eigenvalue weighted by Gasteiger charge is 2.23. The maximum atomic E-state index is 9.04. The lowest BCUT2D eigenvalue weighted by molar-refractivity contribution is 0.302. The van der Waals surface area contributed by atoms with Crippen LogP contribution >= 0.6 is 23.2 Å². The fourth-order valence-electron chi connectivity index (χ4n) is 3.58. The molecule has 1 aliphatic carbocycles. The zero-order valence-electron chi connectivity index (χ0n) is 13.4. The Bertz CT molecular complexity index is 502. The molecule has 1 aromatic rings. The second-order valence-electron chi connectivity index (χ2n) is 6.54. The quantitative estimate of drug-likeness (QED) is 0.507. The van der Waals surface area contributed by atoms with Gasteiger partial charge in [-0.15, -0.1) is 0 Å². The van der Waals surface area contributed by atoms with Gasteiger partial charge in [-0.1, -0.05) is 62.2 Å². The molecule has 1 nitrogen and oxygen atoms in total. The van der Waals surface area contributed by atoms with Crippen LogP contribution in [0.25, 0.3) is 0 Å². The van der Waals surface area contributed by atoms with E-state index in [9.17, 15) is 0 Å². The van der Waals surface area contributed by atoms with Crippen LogP contribution in [0.3, 0.4) is 0 Å². The Hall–Kier alpha value is -0.710. The molecule has 1 fully saturated rings. The molecule has 0 heterocycles. The van der Waals surface area contributed by atoms with Crippen molar-refractivity contribution >= 4 is 23.2 Å². The van der Waals surface area contributed by atoms with E-state index >= 15 is 0 Å². The maximum absolute atomic E-state index is 9.04. The molecule has 0 saturated heterocycles. The minimum absolute atomic E-state index is 0.400. The molecule has 22 heavy (non-hydrogen) atoms. The summed E-state index contributed by atoms with van der Waals surface area (Å²) >= 11 is 12.3. The first-order valence-corrected chi connectivity index (χ1v) is 9.30. The number of rotatable bonds is 6. The molecule has 0 amide bonds. The molecule has 3 heteroatoms. The molecule has 0 spiro atoms. The molecule has 0 radical (unpaired) electrons. The van der Waals surface area contributed by atoms with Crippen LogP contribution in [-0.2, 0) is 0 Å². The summed E-state index contributed by atoms with van der Waals surface area (Å²) in [5.74, 6) is 1.45. The zero-order valence-corrected chi connectivity index (χ0v) is 14.9. The normalized spacial score (nSPS) is 21.5. The van der Waals surface area contributed by atoms with E-state index in [-0.39, 0.29) is 0 Å². The third-order valence-corrected chi connectivity index (χ3v) is 5.56. The van der Waals surface area contributed by atoms with E-state index in [0.29, 0.717) is 21.5 Å². The van der Waals surface area contributed by atoms with Crippen molar-refractivity contribution in [3.63, 3.8) is 0 Å². The first-order valence-electron chi connectivity index (χ1n) is 8.54. The van der Waals surface area contributed by atoms with Crippen molar-refractivity contribution in [3.05, 3.63) is 33.3 Å². The summed E-state index contributed by atoms with van der Waals surface area (Å²) in [5, 5.41) is 10.0. The first-order chi connectivity index (χ1) is 10.7. The van der Waals surface area contributed by atoms with E-state index in [1.54, 1.807) is 0 Å². The standard InChI is InChI=1S/C19H25Cl2N/c1-2-3-4-5-6-14-7-9-15(10-8-14)16-11-18(20)17(13-22)19(21)12-16/h11-12,14-15H,2-10H2,1H3/t14-,15-. The molecule has 1 saturated carbocycles. The summed E-state index contributed by atoms with van der Waals surface area (Å²) in [6, 6.07) is 5.96. The zero-order chi connectivity index (χ0) is 15.9. The van der Waals surface area contributed by atoms with Gasteiger partial charge in [0.1, 0.15) is 6.07 Å². The van der Waals surface area contributed by atoms with Gasteiger partial charge < -0.3 is 0 Å². The molecule has 0 aliphatic heterocycles. The van der Waals surface area contributed by atoms with E-state index in [4.69, 9.17) is 28.5 Å². The second-order valence-corrected chi connectivity index (χ2v) is 7.35. The molecule has 2 rings (SSSR count). The Labute approximate surface area is 144 Å². The molecule has 0 atom stereocenters. The smallest absolute Gasteiger partial charge is 0.102 e. The van der Waals surface area contributed by atoms with Gasteiger partial charge in [0.25, 0.3) is 0 Å². The molecule has 1 aromatic carbocycles. The third-order valence-electron chi connectivity index (χ3n) is 4.96. The third kappa shape index (κ3) is 4.64. The second kappa shape index (κ2) is 8.80. The summed E-state index contributed by atoms with van der Waals surface area (Å²) in [6.45, 7) is 2.26. The average Bonchev–Trinajstić information content (AvgIpc) is 2.52. The Morgan fingerprint density at radius 1 is 1.05 bits per heavy atom. The number of halogens is 2. The first kappa shape index (κ1) is 17.6. The number of hydrogen-bond donors (Lipinski definition) is 0. The van der Waals surface area contributed by atoms with Crippen LogP contribution in [0.15, 0.2) is 12.1 Å². The largest absolute Gasteiger partial charge is 0.192 e. The van der Waals surface area contributed by atoms with Crippen LogP contribution in [0.5, 0.6) is 0 Å². The lowest BCUT2D eigenvalue weighted by Crippen LogP contribution is -2.13. The van der Waals surface area contributed by atoms with E-state index in [0.717, 1.165) is 5.92 Å². The summed E-state index contributed by atoms with van der Waals surface area (Å²) < 4.78 is 0. The van der Waals surface area contributed by atoms with Crippen molar-refractivity contribution in [2.24, 2.45) is 5.92 Å². The van der Waals surface area contributed by atoms with Crippen molar-refractivity contribution in [3.8, 4) is 6.07 Å². The summed E-state index contributed by atoms with van der Waals surface area (Å²) in [5.41, 5.74) is 1.61. The van der Waals surface area contributed by atoms with Crippen LogP contribution in [-0.4, -0.2) is 0 Å². The van der Waals surface area contributed by atoms with Crippen LogP contribution in [0.1, 0.15) is 81.8 Å². The van der Waals surface area contributed by atoms with Gasteiger partial charge >= 0.3 is 0 Å².